The Labute approximate surface area is 145 Å². The molecule has 0 aliphatic rings. The van der Waals surface area contributed by atoms with E-state index in [0.29, 0.717) is 22.2 Å². The lowest BCUT2D eigenvalue weighted by Crippen LogP contribution is -2.48. The topological polar surface area (TPSA) is 75.6 Å². The van der Waals surface area contributed by atoms with Crippen LogP contribution in [0.3, 0.4) is 0 Å². The predicted octanol–water partition coefficient (Wildman–Crippen LogP) is 3.69. The van der Waals surface area contributed by atoms with Crippen LogP contribution in [0.2, 0.25) is 10.0 Å². The number of benzene rings is 1. The number of rotatable bonds is 7. The van der Waals surface area contributed by atoms with Gasteiger partial charge >= 0.3 is 5.97 Å². The maximum Gasteiger partial charge on any atom is 0.328 e. The van der Waals surface area contributed by atoms with Crippen LogP contribution in [-0.2, 0) is 9.59 Å². The largest absolute Gasteiger partial charge is 0.481 e. The lowest BCUT2D eigenvalue weighted by atomic mass is 10.0. The molecule has 0 saturated carbocycles. The lowest BCUT2D eigenvalue weighted by Gasteiger charge is -2.26. The number of carbonyl (C=O) groups is 2. The van der Waals surface area contributed by atoms with Crippen molar-refractivity contribution in [2.24, 2.45) is 0 Å². The molecule has 0 aliphatic carbocycles. The van der Waals surface area contributed by atoms with Crippen LogP contribution < -0.4 is 10.1 Å². The second kappa shape index (κ2) is 8.22. The van der Waals surface area contributed by atoms with E-state index in [1.165, 1.54) is 6.08 Å². The van der Waals surface area contributed by atoms with Gasteiger partial charge in [0.05, 0.1) is 5.54 Å². The van der Waals surface area contributed by atoms with Crippen molar-refractivity contribution in [3.05, 3.63) is 40.4 Å². The Morgan fingerprint density at radius 2 is 1.87 bits per heavy atom. The Kier molecular flexibility index (Phi) is 6.91. The number of hydrogen-bond donors (Lipinski definition) is 2. The maximum atomic E-state index is 12.3. The second-order valence-corrected chi connectivity index (χ2v) is 6.38. The van der Waals surface area contributed by atoms with E-state index in [1.807, 2.05) is 0 Å². The number of nitrogens with one attached hydrogen (secondary N) is 1. The molecule has 0 radical (unpaired) electrons. The third-order valence-corrected chi connectivity index (χ3v) is 3.30. The fourth-order valence-corrected chi connectivity index (χ4v) is 2.31. The Morgan fingerprint density at radius 1 is 1.30 bits per heavy atom. The SMILES string of the molecule is CC[C@H](Oc1cc(Cl)cc(Cl)c1)C(=O)NC(C)(C)/C=C/C(=O)O. The van der Waals surface area contributed by atoms with Crippen LogP contribution in [0.1, 0.15) is 27.2 Å². The number of halogens is 2. The molecule has 0 unspecified atom stereocenters. The van der Waals surface area contributed by atoms with Crippen molar-refractivity contribution in [3.63, 3.8) is 0 Å². The molecular formula is C16H19Cl2NO4. The zero-order chi connectivity index (χ0) is 17.6. The van der Waals surface area contributed by atoms with E-state index in [4.69, 9.17) is 33.0 Å². The monoisotopic (exact) mass is 359 g/mol. The van der Waals surface area contributed by atoms with Gasteiger partial charge in [0.1, 0.15) is 5.75 Å². The summed E-state index contributed by atoms with van der Waals surface area (Å²) in [5.74, 6) is -1.05. The highest BCUT2D eigenvalue weighted by Gasteiger charge is 2.24. The van der Waals surface area contributed by atoms with Gasteiger partial charge in [-0.15, -0.1) is 0 Å². The fraction of sp³-hybridized carbons (Fsp3) is 0.375. The van der Waals surface area contributed by atoms with Crippen molar-refractivity contribution < 1.29 is 19.4 Å². The van der Waals surface area contributed by atoms with Crippen LogP contribution in [0.15, 0.2) is 30.4 Å². The van der Waals surface area contributed by atoms with Gasteiger partial charge in [0, 0.05) is 16.1 Å². The minimum atomic E-state index is -1.08. The molecule has 0 aliphatic heterocycles. The molecule has 0 bridgehead atoms. The summed E-state index contributed by atoms with van der Waals surface area (Å²) in [4.78, 5) is 22.9. The molecule has 126 valence electrons. The number of carboxylic acid groups (broad SMARTS) is 1. The summed E-state index contributed by atoms with van der Waals surface area (Å²) < 4.78 is 5.64. The van der Waals surface area contributed by atoms with Gasteiger partial charge in [-0.25, -0.2) is 4.79 Å². The Bertz CT molecular complexity index is 594. The summed E-state index contributed by atoms with van der Waals surface area (Å²) in [5.41, 5.74) is -0.821. The maximum absolute atomic E-state index is 12.3. The molecule has 0 spiro atoms. The average Bonchev–Trinajstić information content (AvgIpc) is 2.41. The number of hydrogen-bond acceptors (Lipinski definition) is 3. The van der Waals surface area contributed by atoms with E-state index < -0.39 is 17.6 Å². The second-order valence-electron chi connectivity index (χ2n) is 5.50. The smallest absolute Gasteiger partial charge is 0.328 e. The van der Waals surface area contributed by atoms with Crippen molar-refractivity contribution in [3.8, 4) is 5.75 Å². The van der Waals surface area contributed by atoms with Crippen molar-refractivity contribution in [2.75, 3.05) is 0 Å². The van der Waals surface area contributed by atoms with Gasteiger partial charge in [-0.05, 0) is 38.5 Å². The third-order valence-electron chi connectivity index (χ3n) is 2.87. The number of aliphatic carboxylic acids is 1. The molecule has 0 fully saturated rings. The Balaban J connectivity index is 2.80. The molecular weight excluding hydrogens is 341 g/mol. The van der Waals surface area contributed by atoms with Crippen molar-refractivity contribution in [2.45, 2.75) is 38.8 Å². The van der Waals surface area contributed by atoms with Gasteiger partial charge in [0.25, 0.3) is 5.91 Å². The highest BCUT2D eigenvalue weighted by molar-refractivity contribution is 6.34. The molecule has 5 nitrogen and oxygen atoms in total. The van der Waals surface area contributed by atoms with Gasteiger partial charge in [-0.3, -0.25) is 4.79 Å². The highest BCUT2D eigenvalue weighted by Crippen LogP contribution is 2.25. The van der Waals surface area contributed by atoms with Gasteiger partial charge in [0.2, 0.25) is 0 Å². The molecule has 23 heavy (non-hydrogen) atoms. The molecule has 1 atom stereocenters. The van der Waals surface area contributed by atoms with Crippen LogP contribution >= 0.6 is 23.2 Å². The normalized spacial score (nSPS) is 12.9. The van der Waals surface area contributed by atoms with Crippen LogP contribution in [0.5, 0.6) is 5.75 Å². The molecule has 1 aromatic rings. The summed E-state index contributed by atoms with van der Waals surface area (Å²) in [6, 6.07) is 4.70. The number of ether oxygens (including phenoxy) is 1. The minimum absolute atomic E-state index is 0.358. The predicted molar refractivity (Wildman–Crippen MR) is 90.2 cm³/mol. The number of carboxylic acids is 1. The summed E-state index contributed by atoms with van der Waals surface area (Å²) in [6.07, 6.45) is 2.06. The average molecular weight is 360 g/mol. The van der Waals surface area contributed by atoms with Gasteiger partial charge in [-0.1, -0.05) is 36.2 Å². The van der Waals surface area contributed by atoms with E-state index in [9.17, 15) is 9.59 Å². The van der Waals surface area contributed by atoms with Gasteiger partial charge < -0.3 is 15.2 Å². The Morgan fingerprint density at radius 3 is 2.35 bits per heavy atom. The molecule has 1 amide bonds. The van der Waals surface area contributed by atoms with E-state index in [1.54, 1.807) is 39.0 Å². The van der Waals surface area contributed by atoms with E-state index >= 15 is 0 Å². The Hall–Kier alpha value is -1.72. The molecule has 0 aromatic heterocycles. The van der Waals surface area contributed by atoms with Crippen molar-refractivity contribution in [1.29, 1.82) is 0 Å². The highest BCUT2D eigenvalue weighted by atomic mass is 35.5. The molecule has 2 N–H and O–H groups in total. The first kappa shape index (κ1) is 19.3. The zero-order valence-electron chi connectivity index (χ0n) is 13.1. The number of carbonyl (C=O) groups excluding carboxylic acids is 1. The first-order valence-corrected chi connectivity index (χ1v) is 7.75. The van der Waals surface area contributed by atoms with Crippen LogP contribution in [0, 0.1) is 0 Å². The van der Waals surface area contributed by atoms with Gasteiger partial charge in [-0.2, -0.15) is 0 Å². The fourth-order valence-electron chi connectivity index (χ4n) is 1.80. The molecule has 1 aromatic carbocycles. The van der Waals surface area contributed by atoms with Crippen LogP contribution in [0.4, 0.5) is 0 Å². The molecule has 1 rings (SSSR count). The van der Waals surface area contributed by atoms with E-state index in [0.717, 1.165) is 6.08 Å². The summed E-state index contributed by atoms with van der Waals surface area (Å²) in [5, 5.41) is 12.2. The summed E-state index contributed by atoms with van der Waals surface area (Å²) in [7, 11) is 0. The minimum Gasteiger partial charge on any atom is -0.481 e. The first-order chi connectivity index (χ1) is 10.6. The van der Waals surface area contributed by atoms with Crippen LogP contribution in [-0.4, -0.2) is 28.6 Å². The van der Waals surface area contributed by atoms with Crippen LogP contribution in [0.25, 0.3) is 0 Å². The van der Waals surface area contributed by atoms with E-state index in [-0.39, 0.29) is 5.91 Å². The third kappa shape index (κ3) is 6.93. The van der Waals surface area contributed by atoms with E-state index in [2.05, 4.69) is 5.32 Å². The van der Waals surface area contributed by atoms with Crippen molar-refractivity contribution >= 4 is 35.1 Å². The van der Waals surface area contributed by atoms with Gasteiger partial charge in [0.15, 0.2) is 6.10 Å². The standard InChI is InChI=1S/C16H19Cl2NO4/c1-4-13(23-12-8-10(17)7-11(18)9-12)15(22)19-16(2,3)6-5-14(20)21/h5-9,13H,4H2,1-3H3,(H,19,22)(H,20,21)/b6-5+/t13-/m0/s1. The number of amides is 1. The molecule has 0 heterocycles. The lowest BCUT2D eigenvalue weighted by molar-refractivity contribution is -0.132. The first-order valence-electron chi connectivity index (χ1n) is 7.00. The molecule has 7 heteroatoms. The van der Waals surface area contributed by atoms with Crippen molar-refractivity contribution in [1.82, 2.24) is 5.32 Å². The zero-order valence-corrected chi connectivity index (χ0v) is 14.6. The summed E-state index contributed by atoms with van der Waals surface area (Å²) >= 11 is 11.8. The quantitative estimate of drug-likeness (QED) is 0.728. The molecule has 0 saturated heterocycles. The summed E-state index contributed by atoms with van der Waals surface area (Å²) in [6.45, 7) is 5.18.